The number of methoxy groups -OCH3 is 1. The molecular weight excluding hydrogens is 204 g/mol. The lowest BCUT2D eigenvalue weighted by molar-refractivity contribution is 0.153. The fourth-order valence-electron chi connectivity index (χ4n) is 1.04. The average Bonchev–Trinajstić information content (AvgIpc) is 2.17. The van der Waals surface area contributed by atoms with E-state index in [0.29, 0.717) is 17.6 Å². The van der Waals surface area contributed by atoms with Crippen LogP contribution in [0.2, 0.25) is 5.15 Å². The van der Waals surface area contributed by atoms with Gasteiger partial charge in [0.25, 0.3) is 0 Å². The SMILES string of the molecule is COCC(CO)Nc1cccc(Cl)n1. The van der Waals surface area contributed by atoms with Crippen LogP contribution in [0.3, 0.4) is 0 Å². The maximum atomic E-state index is 8.98. The number of nitrogens with zero attached hydrogens (tertiary/aromatic N) is 1. The zero-order valence-electron chi connectivity index (χ0n) is 7.90. The van der Waals surface area contributed by atoms with E-state index in [1.807, 2.05) is 0 Å². The molecule has 1 heterocycles. The Morgan fingerprint density at radius 3 is 3.00 bits per heavy atom. The van der Waals surface area contributed by atoms with Gasteiger partial charge in [-0.15, -0.1) is 0 Å². The van der Waals surface area contributed by atoms with Crippen molar-refractivity contribution in [3.05, 3.63) is 23.4 Å². The van der Waals surface area contributed by atoms with Gasteiger partial charge in [0.2, 0.25) is 0 Å². The maximum Gasteiger partial charge on any atom is 0.131 e. The molecule has 0 spiro atoms. The Bertz CT molecular complexity index is 283. The summed E-state index contributed by atoms with van der Waals surface area (Å²) >= 11 is 5.70. The molecule has 0 bridgehead atoms. The first-order chi connectivity index (χ1) is 6.76. The number of aliphatic hydroxyl groups excluding tert-OH is 1. The molecule has 1 atom stereocenters. The topological polar surface area (TPSA) is 54.4 Å². The molecule has 1 rings (SSSR count). The van der Waals surface area contributed by atoms with E-state index in [0.717, 1.165) is 0 Å². The smallest absolute Gasteiger partial charge is 0.131 e. The van der Waals surface area contributed by atoms with Crippen LogP contribution in [0.4, 0.5) is 5.82 Å². The van der Waals surface area contributed by atoms with Gasteiger partial charge in [-0.05, 0) is 12.1 Å². The van der Waals surface area contributed by atoms with Crippen LogP contribution >= 0.6 is 11.6 Å². The number of hydrogen-bond acceptors (Lipinski definition) is 4. The summed E-state index contributed by atoms with van der Waals surface area (Å²) in [7, 11) is 1.58. The first-order valence-electron chi connectivity index (χ1n) is 4.25. The number of anilines is 1. The van der Waals surface area contributed by atoms with Crippen molar-refractivity contribution in [2.75, 3.05) is 25.6 Å². The Kier molecular flexibility index (Phi) is 4.65. The van der Waals surface area contributed by atoms with Crippen LogP contribution in [0.1, 0.15) is 0 Å². The van der Waals surface area contributed by atoms with Gasteiger partial charge in [0.1, 0.15) is 11.0 Å². The quantitative estimate of drug-likeness (QED) is 0.726. The predicted octanol–water partition coefficient (Wildman–Crippen LogP) is 1.15. The van der Waals surface area contributed by atoms with Gasteiger partial charge in [-0.25, -0.2) is 4.98 Å². The molecule has 78 valence electrons. The van der Waals surface area contributed by atoms with Gasteiger partial charge in [-0.3, -0.25) is 0 Å². The second-order valence-corrected chi connectivity index (χ2v) is 3.21. The highest BCUT2D eigenvalue weighted by Crippen LogP contribution is 2.10. The third-order valence-electron chi connectivity index (χ3n) is 1.66. The van der Waals surface area contributed by atoms with Gasteiger partial charge in [-0.1, -0.05) is 17.7 Å². The first-order valence-corrected chi connectivity index (χ1v) is 4.63. The molecule has 0 aromatic carbocycles. The van der Waals surface area contributed by atoms with Crippen molar-refractivity contribution in [1.29, 1.82) is 0 Å². The summed E-state index contributed by atoms with van der Waals surface area (Å²) < 4.78 is 4.91. The van der Waals surface area contributed by atoms with E-state index in [4.69, 9.17) is 21.4 Å². The Hall–Kier alpha value is -0.840. The number of ether oxygens (including phenoxy) is 1. The Balaban J connectivity index is 2.57. The maximum absolute atomic E-state index is 8.98. The van der Waals surface area contributed by atoms with Crippen molar-refractivity contribution in [2.24, 2.45) is 0 Å². The normalized spacial score (nSPS) is 12.5. The zero-order valence-corrected chi connectivity index (χ0v) is 8.66. The van der Waals surface area contributed by atoms with E-state index in [1.54, 1.807) is 25.3 Å². The summed E-state index contributed by atoms with van der Waals surface area (Å²) in [5.41, 5.74) is 0. The average molecular weight is 217 g/mol. The molecule has 0 aliphatic carbocycles. The second kappa shape index (κ2) is 5.80. The number of aliphatic hydroxyl groups is 1. The van der Waals surface area contributed by atoms with E-state index >= 15 is 0 Å². The highest BCUT2D eigenvalue weighted by molar-refractivity contribution is 6.29. The van der Waals surface area contributed by atoms with Gasteiger partial charge < -0.3 is 15.2 Å². The predicted molar refractivity (Wildman–Crippen MR) is 55.6 cm³/mol. The number of nitrogens with one attached hydrogen (secondary N) is 1. The highest BCUT2D eigenvalue weighted by atomic mass is 35.5. The zero-order chi connectivity index (χ0) is 10.4. The molecule has 14 heavy (non-hydrogen) atoms. The second-order valence-electron chi connectivity index (χ2n) is 2.82. The minimum absolute atomic E-state index is 0.0119. The number of aromatic nitrogens is 1. The van der Waals surface area contributed by atoms with E-state index in [2.05, 4.69) is 10.3 Å². The molecule has 5 heteroatoms. The summed E-state index contributed by atoms with van der Waals surface area (Å²) in [4.78, 5) is 4.03. The van der Waals surface area contributed by atoms with Gasteiger partial charge >= 0.3 is 0 Å². The summed E-state index contributed by atoms with van der Waals surface area (Å²) in [6, 6.07) is 5.10. The molecule has 1 aromatic heterocycles. The molecule has 1 aromatic rings. The van der Waals surface area contributed by atoms with Gasteiger partial charge in [0.05, 0.1) is 19.3 Å². The molecule has 4 nitrogen and oxygen atoms in total. The van der Waals surface area contributed by atoms with Crippen molar-refractivity contribution < 1.29 is 9.84 Å². The molecule has 0 aliphatic heterocycles. The minimum Gasteiger partial charge on any atom is -0.394 e. The van der Waals surface area contributed by atoms with E-state index in [-0.39, 0.29) is 12.6 Å². The fourth-order valence-corrected chi connectivity index (χ4v) is 1.20. The Morgan fingerprint density at radius 2 is 2.43 bits per heavy atom. The molecule has 0 aliphatic rings. The molecule has 0 radical (unpaired) electrons. The van der Waals surface area contributed by atoms with Crippen molar-refractivity contribution in [3.8, 4) is 0 Å². The number of halogens is 1. The fraction of sp³-hybridized carbons (Fsp3) is 0.444. The molecule has 0 saturated carbocycles. The molecule has 0 fully saturated rings. The van der Waals surface area contributed by atoms with Crippen LogP contribution in [0, 0.1) is 0 Å². The van der Waals surface area contributed by atoms with Gasteiger partial charge in [0, 0.05) is 7.11 Å². The summed E-state index contributed by atoms with van der Waals surface area (Å²) in [6.45, 7) is 0.409. The summed E-state index contributed by atoms with van der Waals surface area (Å²) in [5, 5.41) is 12.4. The standard InChI is InChI=1S/C9H13ClN2O2/c1-14-6-7(5-13)11-9-4-2-3-8(10)12-9/h2-4,7,13H,5-6H2,1H3,(H,11,12). The number of pyridine rings is 1. The largest absolute Gasteiger partial charge is 0.394 e. The van der Waals surface area contributed by atoms with Crippen molar-refractivity contribution in [2.45, 2.75) is 6.04 Å². The highest BCUT2D eigenvalue weighted by Gasteiger charge is 2.06. The molecular formula is C9H13ClN2O2. The number of hydrogen-bond donors (Lipinski definition) is 2. The lowest BCUT2D eigenvalue weighted by atomic mass is 10.3. The van der Waals surface area contributed by atoms with Crippen LogP contribution < -0.4 is 5.32 Å². The van der Waals surface area contributed by atoms with Crippen LogP contribution in [0.25, 0.3) is 0 Å². The van der Waals surface area contributed by atoms with Crippen LogP contribution in [0.5, 0.6) is 0 Å². The van der Waals surface area contributed by atoms with Crippen LogP contribution in [0.15, 0.2) is 18.2 Å². The number of rotatable bonds is 5. The van der Waals surface area contributed by atoms with Crippen molar-refractivity contribution >= 4 is 17.4 Å². The van der Waals surface area contributed by atoms with E-state index in [1.165, 1.54) is 0 Å². The monoisotopic (exact) mass is 216 g/mol. The van der Waals surface area contributed by atoms with Gasteiger partial charge in [0.15, 0.2) is 0 Å². The minimum atomic E-state index is -0.161. The van der Waals surface area contributed by atoms with Gasteiger partial charge in [-0.2, -0.15) is 0 Å². The third kappa shape index (κ3) is 3.49. The van der Waals surface area contributed by atoms with Crippen LogP contribution in [-0.2, 0) is 4.74 Å². The molecule has 0 amide bonds. The third-order valence-corrected chi connectivity index (χ3v) is 1.87. The van der Waals surface area contributed by atoms with E-state index in [9.17, 15) is 0 Å². The lowest BCUT2D eigenvalue weighted by Crippen LogP contribution is -2.29. The molecule has 1 unspecified atom stereocenters. The van der Waals surface area contributed by atoms with Crippen molar-refractivity contribution in [3.63, 3.8) is 0 Å². The van der Waals surface area contributed by atoms with Crippen molar-refractivity contribution in [1.82, 2.24) is 4.98 Å². The Morgan fingerprint density at radius 1 is 1.64 bits per heavy atom. The summed E-state index contributed by atoms with van der Waals surface area (Å²) in [5.74, 6) is 0.633. The molecule has 0 saturated heterocycles. The lowest BCUT2D eigenvalue weighted by Gasteiger charge is -2.15. The molecule has 2 N–H and O–H groups in total. The Labute approximate surface area is 87.9 Å². The van der Waals surface area contributed by atoms with Crippen LogP contribution in [-0.4, -0.2) is 36.5 Å². The first kappa shape index (κ1) is 11.2. The summed E-state index contributed by atoms with van der Waals surface area (Å²) in [6.07, 6.45) is 0. The van der Waals surface area contributed by atoms with E-state index < -0.39 is 0 Å².